The number of halogens is 1. The SMILES string of the molecule is Cc1ccc(Cl)cc1-c1ccc(/C=N\NC(=O)Cc2ccc3c(c2)OCO3)o1. The number of carbonyl (C=O) groups excluding carboxylic acids is 1. The first-order chi connectivity index (χ1) is 13.6. The molecule has 4 rings (SSSR count). The van der Waals surface area contributed by atoms with Crippen molar-refractivity contribution in [3.05, 3.63) is 70.4 Å². The summed E-state index contributed by atoms with van der Waals surface area (Å²) in [4.78, 5) is 12.1. The maximum absolute atomic E-state index is 12.1. The van der Waals surface area contributed by atoms with Crippen LogP contribution in [0.3, 0.4) is 0 Å². The molecule has 2 aromatic carbocycles. The van der Waals surface area contributed by atoms with Crippen LogP contribution in [0.1, 0.15) is 16.9 Å². The second-order valence-corrected chi connectivity index (χ2v) is 6.76. The molecule has 0 atom stereocenters. The minimum Gasteiger partial charge on any atom is -0.455 e. The molecule has 0 bridgehead atoms. The molecule has 1 aliphatic rings. The van der Waals surface area contributed by atoms with E-state index in [0.717, 1.165) is 16.7 Å². The highest BCUT2D eigenvalue weighted by molar-refractivity contribution is 6.30. The van der Waals surface area contributed by atoms with E-state index in [4.69, 9.17) is 25.5 Å². The lowest BCUT2D eigenvalue weighted by Crippen LogP contribution is -2.19. The highest BCUT2D eigenvalue weighted by Crippen LogP contribution is 2.32. The van der Waals surface area contributed by atoms with Crippen molar-refractivity contribution in [1.29, 1.82) is 0 Å². The molecule has 3 aromatic rings. The number of fused-ring (bicyclic) bond motifs is 1. The first-order valence-electron chi connectivity index (χ1n) is 8.65. The third-order valence-electron chi connectivity index (χ3n) is 4.27. The molecule has 6 nitrogen and oxygen atoms in total. The molecule has 0 saturated heterocycles. The molecule has 0 fully saturated rings. The lowest BCUT2D eigenvalue weighted by atomic mass is 10.1. The molecule has 0 unspecified atom stereocenters. The Labute approximate surface area is 166 Å². The molecule has 7 heteroatoms. The topological polar surface area (TPSA) is 73.1 Å². The fourth-order valence-electron chi connectivity index (χ4n) is 2.87. The van der Waals surface area contributed by atoms with Gasteiger partial charge in [0.2, 0.25) is 12.7 Å². The second kappa shape index (κ2) is 7.78. The summed E-state index contributed by atoms with van der Waals surface area (Å²) in [7, 11) is 0. The van der Waals surface area contributed by atoms with Crippen molar-refractivity contribution in [2.75, 3.05) is 6.79 Å². The summed E-state index contributed by atoms with van der Waals surface area (Å²) in [6.07, 6.45) is 1.64. The van der Waals surface area contributed by atoms with Gasteiger partial charge in [-0.25, -0.2) is 5.43 Å². The number of aryl methyl sites for hydroxylation is 1. The number of amides is 1. The van der Waals surface area contributed by atoms with Crippen LogP contribution >= 0.6 is 11.6 Å². The number of rotatable bonds is 5. The summed E-state index contributed by atoms with van der Waals surface area (Å²) in [6.45, 7) is 2.19. The largest absolute Gasteiger partial charge is 0.455 e. The van der Waals surface area contributed by atoms with Gasteiger partial charge in [-0.1, -0.05) is 23.7 Å². The first kappa shape index (κ1) is 18.1. The zero-order valence-electron chi connectivity index (χ0n) is 15.1. The van der Waals surface area contributed by atoms with Crippen LogP contribution in [-0.4, -0.2) is 18.9 Å². The van der Waals surface area contributed by atoms with Gasteiger partial charge in [0.1, 0.15) is 11.5 Å². The van der Waals surface area contributed by atoms with Crippen LogP contribution < -0.4 is 14.9 Å². The highest BCUT2D eigenvalue weighted by atomic mass is 35.5. The summed E-state index contributed by atoms with van der Waals surface area (Å²) in [5, 5.41) is 4.60. The number of furan rings is 1. The minimum absolute atomic E-state index is 0.180. The molecule has 0 spiro atoms. The molecule has 0 saturated carbocycles. The molecule has 1 N–H and O–H groups in total. The van der Waals surface area contributed by atoms with Crippen molar-refractivity contribution >= 4 is 23.7 Å². The monoisotopic (exact) mass is 396 g/mol. The van der Waals surface area contributed by atoms with Crippen LogP contribution in [0.4, 0.5) is 0 Å². The van der Waals surface area contributed by atoms with E-state index in [1.54, 1.807) is 18.2 Å². The molecule has 2 heterocycles. The van der Waals surface area contributed by atoms with Crippen molar-refractivity contribution in [2.24, 2.45) is 5.10 Å². The van der Waals surface area contributed by atoms with Crippen molar-refractivity contribution < 1.29 is 18.7 Å². The van der Waals surface area contributed by atoms with Crippen molar-refractivity contribution in [2.45, 2.75) is 13.3 Å². The highest BCUT2D eigenvalue weighted by Gasteiger charge is 2.14. The predicted octanol–water partition coefficient (Wildman–Crippen LogP) is 4.33. The van der Waals surface area contributed by atoms with E-state index in [0.29, 0.717) is 28.0 Å². The van der Waals surface area contributed by atoms with Crippen molar-refractivity contribution in [1.82, 2.24) is 5.43 Å². The zero-order valence-corrected chi connectivity index (χ0v) is 15.8. The van der Waals surface area contributed by atoms with Gasteiger partial charge >= 0.3 is 0 Å². The van der Waals surface area contributed by atoms with E-state index < -0.39 is 0 Å². The van der Waals surface area contributed by atoms with Gasteiger partial charge in [0, 0.05) is 10.6 Å². The predicted molar refractivity (Wildman–Crippen MR) is 106 cm³/mol. The fourth-order valence-corrected chi connectivity index (χ4v) is 3.04. The van der Waals surface area contributed by atoms with Crippen LogP contribution in [0, 0.1) is 6.92 Å². The van der Waals surface area contributed by atoms with Gasteiger partial charge in [0.25, 0.3) is 0 Å². The van der Waals surface area contributed by atoms with Crippen LogP contribution in [-0.2, 0) is 11.2 Å². The van der Waals surface area contributed by atoms with E-state index in [-0.39, 0.29) is 19.1 Å². The van der Waals surface area contributed by atoms with Crippen molar-refractivity contribution in [3.8, 4) is 22.8 Å². The Morgan fingerprint density at radius 2 is 2.00 bits per heavy atom. The first-order valence-corrected chi connectivity index (χ1v) is 9.03. The van der Waals surface area contributed by atoms with E-state index in [1.165, 1.54) is 6.21 Å². The van der Waals surface area contributed by atoms with Gasteiger partial charge in [-0.3, -0.25) is 4.79 Å². The number of ether oxygens (including phenoxy) is 2. The third kappa shape index (κ3) is 4.02. The average Bonchev–Trinajstić information content (AvgIpc) is 3.32. The van der Waals surface area contributed by atoms with Crippen LogP contribution in [0.2, 0.25) is 5.02 Å². The van der Waals surface area contributed by atoms with Crippen LogP contribution in [0.15, 0.2) is 58.0 Å². The standard InChI is InChI=1S/C21H17ClN2O4/c1-13-2-4-15(22)10-17(13)18-7-5-16(28-18)11-23-24-21(25)9-14-3-6-19-20(8-14)27-12-26-19/h2-8,10-11H,9,12H2,1H3,(H,24,25)/b23-11-. The van der Waals surface area contributed by atoms with E-state index in [2.05, 4.69) is 10.5 Å². The Balaban J connectivity index is 1.37. The number of hydrogen-bond acceptors (Lipinski definition) is 5. The Bertz CT molecular complexity index is 1060. The quantitative estimate of drug-likeness (QED) is 0.514. The number of carbonyl (C=O) groups is 1. The molecular formula is C21H17ClN2O4. The second-order valence-electron chi connectivity index (χ2n) is 6.32. The molecule has 142 valence electrons. The van der Waals surface area contributed by atoms with Gasteiger partial charge in [-0.2, -0.15) is 5.10 Å². The smallest absolute Gasteiger partial charge is 0.244 e. The normalized spacial score (nSPS) is 12.5. The molecule has 0 aliphatic carbocycles. The summed E-state index contributed by atoms with van der Waals surface area (Å²) in [5.74, 6) is 2.30. The molecule has 28 heavy (non-hydrogen) atoms. The molecule has 1 amide bonds. The Morgan fingerprint density at radius 3 is 2.89 bits per heavy atom. The third-order valence-corrected chi connectivity index (χ3v) is 4.51. The number of nitrogens with zero attached hydrogens (tertiary/aromatic N) is 1. The summed E-state index contributed by atoms with van der Waals surface area (Å²) < 4.78 is 16.3. The fraction of sp³-hybridized carbons (Fsp3) is 0.143. The maximum Gasteiger partial charge on any atom is 0.244 e. The van der Waals surface area contributed by atoms with Gasteiger partial charge in [-0.15, -0.1) is 0 Å². The van der Waals surface area contributed by atoms with Crippen molar-refractivity contribution in [3.63, 3.8) is 0 Å². The van der Waals surface area contributed by atoms with Gasteiger partial charge in [0.15, 0.2) is 11.5 Å². The average molecular weight is 397 g/mol. The molecular weight excluding hydrogens is 380 g/mol. The maximum atomic E-state index is 12.1. The van der Waals surface area contributed by atoms with Gasteiger partial charge in [0.05, 0.1) is 12.6 Å². The van der Waals surface area contributed by atoms with Gasteiger partial charge in [-0.05, 0) is 54.4 Å². The van der Waals surface area contributed by atoms with E-state index in [1.807, 2.05) is 37.3 Å². The van der Waals surface area contributed by atoms with Crippen LogP contribution in [0.25, 0.3) is 11.3 Å². The lowest BCUT2D eigenvalue weighted by molar-refractivity contribution is -0.120. The van der Waals surface area contributed by atoms with E-state index >= 15 is 0 Å². The Morgan fingerprint density at radius 1 is 1.14 bits per heavy atom. The van der Waals surface area contributed by atoms with E-state index in [9.17, 15) is 4.79 Å². The lowest BCUT2D eigenvalue weighted by Gasteiger charge is -2.03. The Kier molecular flexibility index (Phi) is 5.04. The number of benzene rings is 2. The number of hydrazone groups is 1. The van der Waals surface area contributed by atoms with Crippen LogP contribution in [0.5, 0.6) is 11.5 Å². The summed E-state index contributed by atoms with van der Waals surface area (Å²) >= 11 is 6.06. The molecule has 1 aromatic heterocycles. The number of nitrogens with one attached hydrogen (secondary N) is 1. The Hall–Kier alpha value is -3.25. The minimum atomic E-state index is -0.243. The van der Waals surface area contributed by atoms with Gasteiger partial charge < -0.3 is 13.9 Å². The number of hydrogen-bond donors (Lipinski definition) is 1. The summed E-state index contributed by atoms with van der Waals surface area (Å²) in [6, 6.07) is 14.6. The summed E-state index contributed by atoms with van der Waals surface area (Å²) in [5.41, 5.74) is 5.28. The molecule has 0 radical (unpaired) electrons. The molecule has 1 aliphatic heterocycles. The zero-order chi connectivity index (χ0) is 19.5.